The first-order chi connectivity index (χ1) is 13.1. The molecule has 1 N–H and O–H groups in total. The van der Waals surface area contributed by atoms with Gasteiger partial charge in [-0.05, 0) is 30.5 Å². The summed E-state index contributed by atoms with van der Waals surface area (Å²) in [5, 5.41) is 3.92. The number of nitrogens with zero attached hydrogens (tertiary/aromatic N) is 2. The SMILES string of the molecule is CN=C(NCc1cc(Cl)c2c(c1)OCCCO2)N1CCC(C(=O)OC)CC1. The average Bonchev–Trinajstić information content (AvgIpc) is 2.94. The number of hydrogen-bond acceptors (Lipinski definition) is 5. The third-order valence-electron chi connectivity index (χ3n) is 4.85. The Morgan fingerprint density at radius 2 is 2.07 bits per heavy atom. The number of guanidine groups is 1. The highest BCUT2D eigenvalue weighted by atomic mass is 35.5. The number of methoxy groups -OCH3 is 1. The third-order valence-corrected chi connectivity index (χ3v) is 5.13. The molecule has 0 amide bonds. The fourth-order valence-electron chi connectivity index (χ4n) is 3.39. The Kier molecular flexibility index (Phi) is 6.66. The molecule has 0 atom stereocenters. The van der Waals surface area contributed by atoms with E-state index in [0.717, 1.165) is 43.9 Å². The topological polar surface area (TPSA) is 72.4 Å². The summed E-state index contributed by atoms with van der Waals surface area (Å²) in [6.07, 6.45) is 2.37. The molecule has 0 aromatic heterocycles. The third kappa shape index (κ3) is 4.77. The fraction of sp³-hybridized carbons (Fsp3) is 0.579. The second-order valence-corrected chi connectivity index (χ2v) is 7.05. The number of carbonyl (C=O) groups excluding carboxylic acids is 1. The number of likely N-dealkylation sites (tertiary alicyclic amines) is 1. The molecule has 0 radical (unpaired) electrons. The Morgan fingerprint density at radius 3 is 2.78 bits per heavy atom. The lowest BCUT2D eigenvalue weighted by Crippen LogP contribution is -2.46. The maximum atomic E-state index is 11.7. The van der Waals surface area contributed by atoms with Crippen LogP contribution >= 0.6 is 11.6 Å². The van der Waals surface area contributed by atoms with E-state index in [1.54, 1.807) is 7.05 Å². The van der Waals surface area contributed by atoms with Gasteiger partial charge in [-0.15, -0.1) is 0 Å². The molecular formula is C19H26ClN3O4. The van der Waals surface area contributed by atoms with Crippen LogP contribution in [0.25, 0.3) is 0 Å². The van der Waals surface area contributed by atoms with Gasteiger partial charge in [-0.1, -0.05) is 11.6 Å². The van der Waals surface area contributed by atoms with Gasteiger partial charge in [0.1, 0.15) is 0 Å². The molecule has 148 valence electrons. The summed E-state index contributed by atoms with van der Waals surface area (Å²) in [5.74, 6) is 1.96. The van der Waals surface area contributed by atoms with Gasteiger partial charge in [0.2, 0.25) is 0 Å². The summed E-state index contributed by atoms with van der Waals surface area (Å²) in [7, 11) is 3.20. The number of carbonyl (C=O) groups is 1. The van der Waals surface area contributed by atoms with E-state index >= 15 is 0 Å². The maximum absolute atomic E-state index is 11.7. The van der Waals surface area contributed by atoms with E-state index in [-0.39, 0.29) is 11.9 Å². The van der Waals surface area contributed by atoms with Gasteiger partial charge in [-0.2, -0.15) is 0 Å². The van der Waals surface area contributed by atoms with E-state index in [4.69, 9.17) is 25.8 Å². The molecule has 2 aliphatic rings. The van der Waals surface area contributed by atoms with Gasteiger partial charge in [0.25, 0.3) is 0 Å². The predicted octanol–water partition coefficient (Wildman–Crippen LogP) is 2.46. The van der Waals surface area contributed by atoms with Gasteiger partial charge in [0, 0.05) is 33.1 Å². The minimum atomic E-state index is -0.126. The quantitative estimate of drug-likeness (QED) is 0.481. The number of esters is 1. The average molecular weight is 396 g/mol. The summed E-state index contributed by atoms with van der Waals surface area (Å²) >= 11 is 6.36. The first kappa shape index (κ1) is 19.6. The highest BCUT2D eigenvalue weighted by molar-refractivity contribution is 6.32. The lowest BCUT2D eigenvalue weighted by molar-refractivity contribution is -0.146. The van der Waals surface area contributed by atoms with Gasteiger partial charge in [0.05, 0.1) is 31.3 Å². The van der Waals surface area contributed by atoms with Gasteiger partial charge < -0.3 is 24.4 Å². The van der Waals surface area contributed by atoms with E-state index in [9.17, 15) is 4.79 Å². The molecule has 7 nitrogen and oxygen atoms in total. The Morgan fingerprint density at radius 1 is 1.33 bits per heavy atom. The number of piperidine rings is 1. The van der Waals surface area contributed by atoms with Crippen LogP contribution in [0.15, 0.2) is 17.1 Å². The molecule has 27 heavy (non-hydrogen) atoms. The molecule has 2 heterocycles. The minimum absolute atomic E-state index is 0.0232. The molecule has 0 aliphatic carbocycles. The lowest BCUT2D eigenvalue weighted by atomic mass is 9.97. The summed E-state index contributed by atoms with van der Waals surface area (Å²) in [6, 6.07) is 3.84. The van der Waals surface area contributed by atoms with Crippen molar-refractivity contribution in [3.8, 4) is 11.5 Å². The van der Waals surface area contributed by atoms with Crippen LogP contribution in [0.4, 0.5) is 0 Å². The Hall–Kier alpha value is -2.15. The molecular weight excluding hydrogens is 370 g/mol. The van der Waals surface area contributed by atoms with Crippen molar-refractivity contribution >= 4 is 23.5 Å². The van der Waals surface area contributed by atoms with Crippen LogP contribution in [-0.2, 0) is 16.1 Å². The number of hydrogen-bond donors (Lipinski definition) is 1. The molecule has 1 saturated heterocycles. The van der Waals surface area contributed by atoms with Crippen LogP contribution in [0, 0.1) is 5.92 Å². The van der Waals surface area contributed by atoms with Gasteiger partial charge in [-0.25, -0.2) is 0 Å². The van der Waals surface area contributed by atoms with E-state index in [2.05, 4.69) is 15.2 Å². The Balaban J connectivity index is 1.60. The number of nitrogens with one attached hydrogen (secondary N) is 1. The monoisotopic (exact) mass is 395 g/mol. The zero-order valence-electron chi connectivity index (χ0n) is 15.8. The van der Waals surface area contributed by atoms with Crippen molar-refractivity contribution in [2.45, 2.75) is 25.8 Å². The van der Waals surface area contributed by atoms with Crippen LogP contribution in [0.1, 0.15) is 24.8 Å². The Labute approximate surface area is 164 Å². The first-order valence-electron chi connectivity index (χ1n) is 9.23. The molecule has 0 saturated carbocycles. The lowest BCUT2D eigenvalue weighted by Gasteiger charge is -2.33. The standard InChI is InChI=1S/C19H26ClN3O4/c1-21-19(23-6-4-14(5-7-23)18(24)25-2)22-12-13-10-15(20)17-16(11-13)26-8-3-9-27-17/h10-11,14H,3-9,12H2,1-2H3,(H,21,22). The maximum Gasteiger partial charge on any atom is 0.308 e. The van der Waals surface area contributed by atoms with E-state index in [1.165, 1.54) is 7.11 Å². The van der Waals surface area contributed by atoms with Crippen molar-refractivity contribution in [2.75, 3.05) is 40.5 Å². The van der Waals surface area contributed by atoms with Crippen LogP contribution in [0.2, 0.25) is 5.02 Å². The van der Waals surface area contributed by atoms with Gasteiger partial charge in [-0.3, -0.25) is 9.79 Å². The number of fused-ring (bicyclic) bond motifs is 1. The molecule has 8 heteroatoms. The van der Waals surface area contributed by atoms with Crippen molar-refractivity contribution in [3.63, 3.8) is 0 Å². The number of ether oxygens (including phenoxy) is 3. The predicted molar refractivity (Wildman–Crippen MR) is 104 cm³/mol. The summed E-state index contributed by atoms with van der Waals surface area (Å²) in [4.78, 5) is 18.2. The molecule has 1 fully saturated rings. The molecule has 1 aromatic rings. The van der Waals surface area contributed by atoms with E-state index in [0.29, 0.717) is 36.3 Å². The van der Waals surface area contributed by atoms with E-state index in [1.807, 2.05) is 12.1 Å². The summed E-state index contributed by atoms with van der Waals surface area (Å²) in [6.45, 7) is 3.33. The molecule has 0 unspecified atom stereocenters. The van der Waals surface area contributed by atoms with Crippen LogP contribution < -0.4 is 14.8 Å². The van der Waals surface area contributed by atoms with Crippen molar-refractivity contribution < 1.29 is 19.0 Å². The van der Waals surface area contributed by atoms with Crippen LogP contribution in [0.5, 0.6) is 11.5 Å². The highest BCUT2D eigenvalue weighted by Gasteiger charge is 2.27. The van der Waals surface area contributed by atoms with Crippen molar-refractivity contribution in [3.05, 3.63) is 22.7 Å². The summed E-state index contributed by atoms with van der Waals surface area (Å²) < 4.78 is 16.3. The minimum Gasteiger partial charge on any atom is -0.489 e. The Bertz CT molecular complexity index is 702. The van der Waals surface area contributed by atoms with Gasteiger partial charge in [0.15, 0.2) is 17.5 Å². The van der Waals surface area contributed by atoms with Crippen molar-refractivity contribution in [1.82, 2.24) is 10.2 Å². The van der Waals surface area contributed by atoms with Crippen molar-refractivity contribution in [2.24, 2.45) is 10.9 Å². The summed E-state index contributed by atoms with van der Waals surface area (Å²) in [5.41, 5.74) is 0.995. The number of benzene rings is 1. The van der Waals surface area contributed by atoms with Crippen LogP contribution in [-0.4, -0.2) is 57.3 Å². The molecule has 0 spiro atoms. The number of aliphatic imine (C=N–C) groups is 1. The second kappa shape index (κ2) is 9.17. The molecule has 2 aliphatic heterocycles. The highest BCUT2D eigenvalue weighted by Crippen LogP contribution is 2.38. The second-order valence-electron chi connectivity index (χ2n) is 6.64. The molecule has 1 aromatic carbocycles. The fourth-order valence-corrected chi connectivity index (χ4v) is 3.68. The zero-order valence-corrected chi connectivity index (χ0v) is 16.6. The number of halogens is 1. The van der Waals surface area contributed by atoms with Crippen LogP contribution in [0.3, 0.4) is 0 Å². The van der Waals surface area contributed by atoms with Gasteiger partial charge >= 0.3 is 5.97 Å². The largest absolute Gasteiger partial charge is 0.489 e. The zero-order chi connectivity index (χ0) is 19.2. The van der Waals surface area contributed by atoms with Crippen molar-refractivity contribution in [1.29, 1.82) is 0 Å². The first-order valence-corrected chi connectivity index (χ1v) is 9.61. The molecule has 0 bridgehead atoms. The smallest absolute Gasteiger partial charge is 0.308 e. The van der Waals surface area contributed by atoms with E-state index < -0.39 is 0 Å². The molecule has 3 rings (SSSR count). The normalized spacial score (nSPS) is 18.0. The number of rotatable bonds is 3.